The molecule has 8 rings (SSSR count). The van der Waals surface area contributed by atoms with E-state index in [1.54, 1.807) is 0 Å². The maximum Gasteiger partial charge on any atom is 0.171 e. The van der Waals surface area contributed by atoms with Crippen molar-refractivity contribution in [3.05, 3.63) is 146 Å². The summed E-state index contributed by atoms with van der Waals surface area (Å²) in [5.41, 5.74) is 4.47. The van der Waals surface area contributed by atoms with Gasteiger partial charge in [-0.05, 0) is 18.2 Å². The molecule has 0 saturated carbocycles. The molecule has 3 aromatic heterocycles. The first kappa shape index (κ1) is 24.6. The van der Waals surface area contributed by atoms with Gasteiger partial charge in [0.05, 0.1) is 22.2 Å². The SMILES string of the molecule is O=P(c1ccccc1)(c1ccccc1)c1ccc(-c2nc3ccccc3c3c4cccnc4c4ncccc4c23)cc1. The van der Waals surface area contributed by atoms with Crippen molar-refractivity contribution >= 4 is 66.5 Å². The van der Waals surface area contributed by atoms with Gasteiger partial charge in [-0.1, -0.05) is 115 Å². The van der Waals surface area contributed by atoms with E-state index < -0.39 is 7.14 Å². The zero-order chi connectivity index (χ0) is 28.1. The molecule has 0 aliphatic carbocycles. The molecule has 3 heterocycles. The second kappa shape index (κ2) is 9.73. The number of hydrogen-bond donors (Lipinski definition) is 0. The molecule has 5 aromatic carbocycles. The highest BCUT2D eigenvalue weighted by molar-refractivity contribution is 7.85. The van der Waals surface area contributed by atoms with E-state index in [2.05, 4.69) is 42.5 Å². The Morgan fingerprint density at radius 1 is 0.452 bits per heavy atom. The van der Waals surface area contributed by atoms with Crippen LogP contribution in [0.25, 0.3) is 54.7 Å². The third-order valence-corrected chi connectivity index (χ3v) is 11.1. The highest BCUT2D eigenvalue weighted by Crippen LogP contribution is 2.44. The molecule has 0 spiro atoms. The van der Waals surface area contributed by atoms with Crippen LogP contribution in [-0.2, 0) is 4.57 Å². The second-order valence-electron chi connectivity index (χ2n) is 10.4. The molecule has 5 heteroatoms. The summed E-state index contributed by atoms with van der Waals surface area (Å²) < 4.78 is 14.9. The Balaban J connectivity index is 1.42. The van der Waals surface area contributed by atoms with E-state index in [9.17, 15) is 4.57 Å². The summed E-state index contributed by atoms with van der Waals surface area (Å²) in [5, 5.41) is 7.71. The van der Waals surface area contributed by atoms with Gasteiger partial charge in [0.25, 0.3) is 0 Å². The van der Waals surface area contributed by atoms with Crippen LogP contribution >= 0.6 is 7.14 Å². The van der Waals surface area contributed by atoms with Crippen LogP contribution in [0.4, 0.5) is 0 Å². The van der Waals surface area contributed by atoms with Crippen LogP contribution in [0.5, 0.6) is 0 Å². The topological polar surface area (TPSA) is 55.7 Å². The molecular weight excluding hydrogens is 533 g/mol. The van der Waals surface area contributed by atoms with E-state index in [-0.39, 0.29) is 0 Å². The highest BCUT2D eigenvalue weighted by Gasteiger charge is 2.29. The van der Waals surface area contributed by atoms with Crippen molar-refractivity contribution < 1.29 is 4.57 Å². The second-order valence-corrected chi connectivity index (χ2v) is 13.1. The van der Waals surface area contributed by atoms with Gasteiger partial charge in [-0.25, -0.2) is 4.98 Å². The Labute approximate surface area is 242 Å². The molecule has 0 fully saturated rings. The van der Waals surface area contributed by atoms with Crippen LogP contribution in [0.1, 0.15) is 0 Å². The van der Waals surface area contributed by atoms with E-state index >= 15 is 0 Å². The summed E-state index contributed by atoms with van der Waals surface area (Å²) in [5.74, 6) is 0. The molecule has 0 radical (unpaired) electrons. The molecule has 0 saturated heterocycles. The maximum absolute atomic E-state index is 14.9. The average Bonchev–Trinajstić information content (AvgIpc) is 3.08. The largest absolute Gasteiger partial charge is 0.309 e. The lowest BCUT2D eigenvalue weighted by Gasteiger charge is -2.20. The molecule has 0 atom stereocenters. The van der Waals surface area contributed by atoms with Gasteiger partial charge < -0.3 is 4.57 Å². The van der Waals surface area contributed by atoms with Gasteiger partial charge in [0.2, 0.25) is 0 Å². The Bertz CT molecular complexity index is 2280. The minimum absolute atomic E-state index is 0.787. The van der Waals surface area contributed by atoms with Gasteiger partial charge in [0, 0.05) is 60.8 Å². The van der Waals surface area contributed by atoms with E-state index in [0.29, 0.717) is 0 Å². The number of para-hydroxylation sites is 1. The summed E-state index contributed by atoms with van der Waals surface area (Å²) in [6, 6.07) is 44.1. The number of hydrogen-bond acceptors (Lipinski definition) is 4. The Hall–Kier alpha value is -5.18. The summed E-state index contributed by atoms with van der Waals surface area (Å²) in [6.07, 6.45) is 3.64. The molecule has 0 N–H and O–H groups in total. The van der Waals surface area contributed by atoms with Crippen molar-refractivity contribution in [2.75, 3.05) is 0 Å². The standard InChI is InChI=1S/C37H24N3OP/c41-42(26-11-3-1-4-12-26,27-13-5-2-6-14-27)28-21-19-25(20-22-28)35-34-31-17-10-24-39-37(31)36-30(16-9-23-38-36)33(34)29-15-7-8-18-32(29)40-35/h1-24H. The lowest BCUT2D eigenvalue weighted by Crippen LogP contribution is -2.24. The summed E-state index contributed by atoms with van der Waals surface area (Å²) >= 11 is 0. The van der Waals surface area contributed by atoms with Crippen molar-refractivity contribution in [2.24, 2.45) is 0 Å². The lowest BCUT2D eigenvalue weighted by atomic mass is 9.93. The van der Waals surface area contributed by atoms with Crippen molar-refractivity contribution in [1.82, 2.24) is 15.0 Å². The quantitative estimate of drug-likeness (QED) is 0.164. The Morgan fingerprint density at radius 2 is 0.952 bits per heavy atom. The summed E-state index contributed by atoms with van der Waals surface area (Å²) in [6.45, 7) is 0. The molecule has 8 aromatic rings. The Morgan fingerprint density at radius 3 is 1.57 bits per heavy atom. The van der Waals surface area contributed by atoms with Gasteiger partial charge in [-0.2, -0.15) is 0 Å². The fourth-order valence-corrected chi connectivity index (χ4v) is 8.75. The molecule has 0 amide bonds. The predicted octanol–water partition coefficient (Wildman–Crippen LogP) is 7.79. The first-order valence-corrected chi connectivity index (χ1v) is 15.6. The third-order valence-electron chi connectivity index (χ3n) is 8.01. The molecule has 42 heavy (non-hydrogen) atoms. The number of pyridine rings is 3. The zero-order valence-corrected chi connectivity index (χ0v) is 23.4. The van der Waals surface area contributed by atoms with Gasteiger partial charge in [-0.3, -0.25) is 9.97 Å². The third kappa shape index (κ3) is 3.69. The zero-order valence-electron chi connectivity index (χ0n) is 22.6. The van der Waals surface area contributed by atoms with Crippen molar-refractivity contribution in [2.45, 2.75) is 0 Å². The molecule has 0 bridgehead atoms. The summed E-state index contributed by atoms with van der Waals surface area (Å²) in [7, 11) is -3.09. The smallest absolute Gasteiger partial charge is 0.171 e. The van der Waals surface area contributed by atoms with Crippen LogP contribution in [0.3, 0.4) is 0 Å². The van der Waals surface area contributed by atoms with Crippen molar-refractivity contribution in [3.63, 3.8) is 0 Å². The molecular formula is C37H24N3OP. The van der Waals surface area contributed by atoms with E-state index in [4.69, 9.17) is 15.0 Å². The monoisotopic (exact) mass is 557 g/mol. The maximum atomic E-state index is 14.9. The highest BCUT2D eigenvalue weighted by atomic mass is 31.2. The van der Waals surface area contributed by atoms with Gasteiger partial charge >= 0.3 is 0 Å². The van der Waals surface area contributed by atoms with Crippen LogP contribution in [0.2, 0.25) is 0 Å². The summed E-state index contributed by atoms with van der Waals surface area (Å²) in [4.78, 5) is 14.7. The minimum Gasteiger partial charge on any atom is -0.309 e. The Kier molecular flexibility index (Phi) is 5.70. The van der Waals surface area contributed by atoms with Crippen molar-refractivity contribution in [1.29, 1.82) is 0 Å². The van der Waals surface area contributed by atoms with Crippen LogP contribution in [0, 0.1) is 0 Å². The number of benzene rings is 5. The number of fused-ring (bicyclic) bond motifs is 8. The fraction of sp³-hybridized carbons (Fsp3) is 0. The van der Waals surface area contributed by atoms with Gasteiger partial charge in [-0.15, -0.1) is 0 Å². The van der Waals surface area contributed by atoms with E-state index in [1.807, 2.05) is 103 Å². The van der Waals surface area contributed by atoms with Gasteiger partial charge in [0.1, 0.15) is 0 Å². The lowest BCUT2D eigenvalue weighted by molar-refractivity contribution is 0.592. The molecule has 4 nitrogen and oxygen atoms in total. The first-order valence-electron chi connectivity index (χ1n) is 13.9. The molecule has 0 unspecified atom stereocenters. The number of aromatic nitrogens is 3. The normalized spacial score (nSPS) is 11.9. The fourth-order valence-electron chi connectivity index (χ4n) is 6.11. The molecule has 0 aliphatic heterocycles. The number of nitrogens with zero attached hydrogens (tertiary/aromatic N) is 3. The van der Waals surface area contributed by atoms with Crippen LogP contribution < -0.4 is 15.9 Å². The van der Waals surface area contributed by atoms with Crippen molar-refractivity contribution in [3.8, 4) is 11.3 Å². The predicted molar refractivity (Wildman–Crippen MR) is 175 cm³/mol. The average molecular weight is 558 g/mol. The van der Waals surface area contributed by atoms with E-state index in [0.717, 1.165) is 70.7 Å². The van der Waals surface area contributed by atoms with Crippen LogP contribution in [0.15, 0.2) is 146 Å². The van der Waals surface area contributed by atoms with Crippen LogP contribution in [-0.4, -0.2) is 15.0 Å². The molecule has 0 aliphatic rings. The van der Waals surface area contributed by atoms with E-state index in [1.165, 1.54) is 0 Å². The first-order chi connectivity index (χ1) is 20.7. The molecule has 198 valence electrons. The number of rotatable bonds is 4. The van der Waals surface area contributed by atoms with Gasteiger partial charge in [0.15, 0.2) is 7.14 Å². The minimum atomic E-state index is -3.09.